The summed E-state index contributed by atoms with van der Waals surface area (Å²) in [5, 5.41) is 11.1. The van der Waals surface area contributed by atoms with Crippen molar-refractivity contribution in [2.75, 3.05) is 12.4 Å². The minimum atomic E-state index is -0.740. The van der Waals surface area contributed by atoms with Gasteiger partial charge in [0.05, 0.1) is 7.11 Å². The number of anilines is 1. The SMILES string of the molecule is COc1ccccc1OC(C)C(=O)Nc1nnc(SCc2ccc(F)cc2)s1. The maximum Gasteiger partial charge on any atom is 0.266 e. The summed E-state index contributed by atoms with van der Waals surface area (Å²) in [6.45, 7) is 1.65. The third-order valence-electron chi connectivity index (χ3n) is 3.65. The Morgan fingerprint density at radius 1 is 1.18 bits per heavy atom. The molecule has 1 aromatic heterocycles. The van der Waals surface area contributed by atoms with E-state index in [4.69, 9.17) is 9.47 Å². The van der Waals surface area contributed by atoms with E-state index in [0.717, 1.165) is 5.56 Å². The second-order valence-corrected chi connectivity index (χ2v) is 7.89. The lowest BCUT2D eigenvalue weighted by Gasteiger charge is -2.15. The van der Waals surface area contributed by atoms with Gasteiger partial charge in [0.15, 0.2) is 21.9 Å². The lowest BCUT2D eigenvalue weighted by Crippen LogP contribution is -2.30. The van der Waals surface area contributed by atoms with Gasteiger partial charge < -0.3 is 9.47 Å². The molecule has 1 heterocycles. The monoisotopic (exact) mass is 419 g/mol. The molecule has 146 valence electrons. The molecule has 0 fully saturated rings. The number of amides is 1. The summed E-state index contributed by atoms with van der Waals surface area (Å²) in [6, 6.07) is 13.4. The number of carbonyl (C=O) groups is 1. The van der Waals surface area contributed by atoms with E-state index in [1.807, 2.05) is 6.07 Å². The minimum absolute atomic E-state index is 0.265. The van der Waals surface area contributed by atoms with Crippen LogP contribution < -0.4 is 14.8 Å². The zero-order chi connectivity index (χ0) is 19.9. The number of hydrogen-bond acceptors (Lipinski definition) is 7. The number of hydrogen-bond donors (Lipinski definition) is 1. The topological polar surface area (TPSA) is 73.3 Å². The summed E-state index contributed by atoms with van der Waals surface area (Å²) in [6.07, 6.45) is -0.740. The van der Waals surface area contributed by atoms with Crippen LogP contribution >= 0.6 is 23.1 Å². The number of nitrogens with zero attached hydrogens (tertiary/aromatic N) is 2. The fraction of sp³-hybridized carbons (Fsp3) is 0.211. The van der Waals surface area contributed by atoms with Crippen molar-refractivity contribution in [1.29, 1.82) is 0 Å². The molecule has 0 saturated carbocycles. The highest BCUT2D eigenvalue weighted by molar-refractivity contribution is 8.00. The van der Waals surface area contributed by atoms with Crippen molar-refractivity contribution in [3.8, 4) is 11.5 Å². The fourth-order valence-corrected chi connectivity index (χ4v) is 3.92. The molecule has 28 heavy (non-hydrogen) atoms. The first kappa shape index (κ1) is 20.1. The Bertz CT molecular complexity index is 934. The molecule has 1 unspecified atom stereocenters. The number of benzene rings is 2. The predicted molar refractivity (Wildman–Crippen MR) is 108 cm³/mol. The molecule has 1 atom stereocenters. The zero-order valence-electron chi connectivity index (χ0n) is 15.2. The molecule has 3 rings (SSSR count). The number of halogens is 1. The van der Waals surface area contributed by atoms with E-state index in [1.54, 1.807) is 44.4 Å². The molecule has 1 amide bonds. The van der Waals surface area contributed by atoms with E-state index in [1.165, 1.54) is 35.2 Å². The van der Waals surface area contributed by atoms with Crippen molar-refractivity contribution in [2.24, 2.45) is 0 Å². The van der Waals surface area contributed by atoms with Crippen LogP contribution in [0.15, 0.2) is 52.9 Å². The summed E-state index contributed by atoms with van der Waals surface area (Å²) in [4.78, 5) is 12.4. The van der Waals surface area contributed by atoms with Gasteiger partial charge in [-0.15, -0.1) is 10.2 Å². The van der Waals surface area contributed by atoms with Crippen LogP contribution in [0.5, 0.6) is 11.5 Å². The highest BCUT2D eigenvalue weighted by atomic mass is 32.2. The Balaban J connectivity index is 1.53. The molecular weight excluding hydrogens is 401 g/mol. The van der Waals surface area contributed by atoms with Gasteiger partial charge in [-0.05, 0) is 36.8 Å². The average molecular weight is 420 g/mol. The lowest BCUT2D eigenvalue weighted by atomic mass is 10.2. The number of thioether (sulfide) groups is 1. The van der Waals surface area contributed by atoms with Crippen molar-refractivity contribution in [3.63, 3.8) is 0 Å². The van der Waals surface area contributed by atoms with E-state index >= 15 is 0 Å². The number of para-hydroxylation sites is 2. The van der Waals surface area contributed by atoms with E-state index < -0.39 is 6.10 Å². The highest BCUT2D eigenvalue weighted by Crippen LogP contribution is 2.29. The number of aromatic nitrogens is 2. The van der Waals surface area contributed by atoms with Gasteiger partial charge in [0.1, 0.15) is 5.82 Å². The first-order valence-corrected chi connectivity index (χ1v) is 10.2. The largest absolute Gasteiger partial charge is 0.493 e. The molecular formula is C19H18FN3O3S2. The summed E-state index contributed by atoms with van der Waals surface area (Å²) >= 11 is 2.74. The Hall–Kier alpha value is -2.65. The van der Waals surface area contributed by atoms with Crippen LogP contribution in [0.4, 0.5) is 9.52 Å². The molecule has 0 radical (unpaired) electrons. The van der Waals surface area contributed by atoms with Gasteiger partial charge in [0, 0.05) is 5.75 Å². The maximum atomic E-state index is 12.9. The van der Waals surface area contributed by atoms with Crippen LogP contribution in [0.2, 0.25) is 0 Å². The molecule has 9 heteroatoms. The number of nitrogens with one attached hydrogen (secondary N) is 1. The van der Waals surface area contributed by atoms with Gasteiger partial charge in [0.2, 0.25) is 5.13 Å². The third-order valence-corrected chi connectivity index (χ3v) is 5.70. The van der Waals surface area contributed by atoms with Crippen LogP contribution in [0.25, 0.3) is 0 Å². The Morgan fingerprint density at radius 3 is 2.61 bits per heavy atom. The van der Waals surface area contributed by atoms with Crippen LogP contribution in [0.1, 0.15) is 12.5 Å². The predicted octanol–water partition coefficient (Wildman–Crippen LogP) is 4.38. The normalized spacial score (nSPS) is 11.7. The summed E-state index contributed by atoms with van der Waals surface area (Å²) in [7, 11) is 1.54. The van der Waals surface area contributed by atoms with Gasteiger partial charge in [-0.1, -0.05) is 47.4 Å². The first-order chi connectivity index (χ1) is 13.5. The van der Waals surface area contributed by atoms with Gasteiger partial charge >= 0.3 is 0 Å². The van der Waals surface area contributed by atoms with E-state index in [-0.39, 0.29) is 11.7 Å². The molecule has 3 aromatic rings. The summed E-state index contributed by atoms with van der Waals surface area (Å²) in [5.74, 6) is 1.07. The number of rotatable bonds is 8. The summed E-state index contributed by atoms with van der Waals surface area (Å²) in [5.41, 5.74) is 0.978. The second kappa shape index (κ2) is 9.52. The van der Waals surface area contributed by atoms with Crippen LogP contribution in [-0.2, 0) is 10.5 Å². The average Bonchev–Trinajstić information content (AvgIpc) is 3.15. The lowest BCUT2D eigenvalue weighted by molar-refractivity contribution is -0.122. The standard InChI is InChI=1S/C19H18FN3O3S2/c1-12(26-16-6-4-3-5-15(16)25-2)17(24)21-18-22-23-19(28-18)27-11-13-7-9-14(20)10-8-13/h3-10,12H,11H2,1-2H3,(H,21,22,24). The quantitative estimate of drug-likeness (QED) is 0.431. The van der Waals surface area contributed by atoms with Crippen molar-refractivity contribution in [3.05, 3.63) is 59.9 Å². The van der Waals surface area contributed by atoms with Gasteiger partial charge in [-0.25, -0.2) is 4.39 Å². The molecule has 0 aliphatic carbocycles. The molecule has 0 aliphatic heterocycles. The van der Waals surface area contributed by atoms with Crippen LogP contribution in [0, 0.1) is 5.82 Å². The van der Waals surface area contributed by atoms with Crippen molar-refractivity contribution in [2.45, 2.75) is 23.1 Å². The minimum Gasteiger partial charge on any atom is -0.493 e. The smallest absolute Gasteiger partial charge is 0.266 e. The first-order valence-electron chi connectivity index (χ1n) is 8.36. The van der Waals surface area contributed by atoms with Crippen molar-refractivity contribution >= 4 is 34.1 Å². The molecule has 0 bridgehead atoms. The second-order valence-electron chi connectivity index (χ2n) is 5.69. The van der Waals surface area contributed by atoms with Gasteiger partial charge in [0.25, 0.3) is 5.91 Å². The van der Waals surface area contributed by atoms with E-state index in [2.05, 4.69) is 15.5 Å². The van der Waals surface area contributed by atoms with Gasteiger partial charge in [-0.2, -0.15) is 0 Å². The zero-order valence-corrected chi connectivity index (χ0v) is 16.8. The third kappa shape index (κ3) is 5.43. The Kier molecular flexibility index (Phi) is 6.83. The van der Waals surface area contributed by atoms with Crippen LogP contribution in [0.3, 0.4) is 0 Å². The molecule has 1 N–H and O–H groups in total. The number of methoxy groups -OCH3 is 1. The van der Waals surface area contributed by atoms with Crippen molar-refractivity contribution < 1.29 is 18.7 Å². The summed E-state index contributed by atoms with van der Waals surface area (Å²) < 4.78 is 24.5. The van der Waals surface area contributed by atoms with Crippen molar-refractivity contribution in [1.82, 2.24) is 10.2 Å². The van der Waals surface area contributed by atoms with Crippen LogP contribution in [-0.4, -0.2) is 29.3 Å². The highest BCUT2D eigenvalue weighted by Gasteiger charge is 2.18. The Labute approximate surface area is 170 Å². The molecule has 0 spiro atoms. The molecule has 0 saturated heterocycles. The molecule has 0 aliphatic rings. The van der Waals surface area contributed by atoms with E-state index in [0.29, 0.717) is 26.7 Å². The fourth-order valence-electron chi connectivity index (χ4n) is 2.21. The number of carbonyl (C=O) groups excluding carboxylic acids is 1. The van der Waals surface area contributed by atoms with Gasteiger partial charge in [-0.3, -0.25) is 10.1 Å². The maximum absolute atomic E-state index is 12.9. The number of ether oxygens (including phenoxy) is 2. The molecule has 6 nitrogen and oxygen atoms in total. The Morgan fingerprint density at radius 2 is 1.89 bits per heavy atom. The molecule has 2 aromatic carbocycles. The van der Waals surface area contributed by atoms with E-state index in [9.17, 15) is 9.18 Å².